The van der Waals surface area contributed by atoms with Crippen LogP contribution in [0.15, 0.2) is 42.5 Å². The van der Waals surface area contributed by atoms with E-state index in [1.807, 2.05) is 24.3 Å². The van der Waals surface area contributed by atoms with Crippen molar-refractivity contribution in [2.45, 2.75) is 19.4 Å². The van der Waals surface area contributed by atoms with Crippen LogP contribution in [0.4, 0.5) is 5.69 Å². The number of halogens is 2. The van der Waals surface area contributed by atoms with Crippen molar-refractivity contribution in [1.82, 2.24) is 4.90 Å². The van der Waals surface area contributed by atoms with E-state index in [0.717, 1.165) is 11.3 Å². The van der Waals surface area contributed by atoms with Gasteiger partial charge in [0.05, 0.1) is 10.9 Å². The van der Waals surface area contributed by atoms with Crippen LogP contribution in [-0.2, 0) is 16.1 Å². The van der Waals surface area contributed by atoms with E-state index in [1.54, 1.807) is 30.1 Å². The second-order valence-corrected chi connectivity index (χ2v) is 8.23. The third-order valence-electron chi connectivity index (χ3n) is 5.21. The predicted octanol–water partition coefficient (Wildman–Crippen LogP) is 4.33. The van der Waals surface area contributed by atoms with Gasteiger partial charge >= 0.3 is 5.97 Å². The van der Waals surface area contributed by atoms with Gasteiger partial charge in [-0.05, 0) is 48.7 Å². The lowest BCUT2D eigenvalue weighted by Gasteiger charge is -2.32. The number of aliphatic carboxylic acids is 1. The summed E-state index contributed by atoms with van der Waals surface area (Å²) in [5.41, 5.74) is 2.04. The zero-order valence-electron chi connectivity index (χ0n) is 16.7. The minimum Gasteiger partial charge on any atom is -0.482 e. The number of amides is 1. The molecule has 0 atom stereocenters. The van der Waals surface area contributed by atoms with Gasteiger partial charge in [0.15, 0.2) is 6.61 Å². The quantitative estimate of drug-likeness (QED) is 0.679. The number of likely N-dealkylation sites (N-methyl/N-ethyl adjacent to an activating group) is 1. The van der Waals surface area contributed by atoms with Crippen molar-refractivity contribution in [3.8, 4) is 5.75 Å². The van der Waals surface area contributed by atoms with Gasteiger partial charge in [0, 0.05) is 37.4 Å². The number of carboxylic acids is 1. The van der Waals surface area contributed by atoms with Gasteiger partial charge in [-0.25, -0.2) is 0 Å². The SMILES string of the molecule is CN(Cc1cccc(N2CCC(C(=O)O)CC2)c1)C(=O)COc1ccc(Cl)cc1Cl. The molecule has 0 saturated carbocycles. The molecule has 0 aromatic heterocycles. The number of anilines is 1. The van der Waals surface area contributed by atoms with Gasteiger partial charge in [0.2, 0.25) is 0 Å². The summed E-state index contributed by atoms with van der Waals surface area (Å²) >= 11 is 11.9. The minimum atomic E-state index is -0.717. The summed E-state index contributed by atoms with van der Waals surface area (Å²) in [6, 6.07) is 12.8. The van der Waals surface area contributed by atoms with Gasteiger partial charge in [-0.15, -0.1) is 0 Å². The van der Waals surface area contributed by atoms with Crippen molar-refractivity contribution in [1.29, 1.82) is 0 Å². The second-order valence-electron chi connectivity index (χ2n) is 7.38. The molecule has 0 unspecified atom stereocenters. The lowest BCUT2D eigenvalue weighted by atomic mass is 9.96. The first-order valence-corrected chi connectivity index (χ1v) is 10.5. The summed E-state index contributed by atoms with van der Waals surface area (Å²) in [5.74, 6) is -0.740. The van der Waals surface area contributed by atoms with E-state index in [4.69, 9.17) is 33.0 Å². The van der Waals surface area contributed by atoms with Gasteiger partial charge in [-0.1, -0.05) is 35.3 Å². The van der Waals surface area contributed by atoms with Crippen LogP contribution in [0.1, 0.15) is 18.4 Å². The Hall–Kier alpha value is -2.44. The predicted molar refractivity (Wildman–Crippen MR) is 117 cm³/mol. The molecule has 1 fully saturated rings. The van der Waals surface area contributed by atoms with Crippen LogP contribution in [-0.4, -0.2) is 48.6 Å². The first-order chi connectivity index (χ1) is 14.3. The van der Waals surface area contributed by atoms with Crippen LogP contribution in [0.25, 0.3) is 0 Å². The highest BCUT2D eigenvalue weighted by Gasteiger charge is 2.24. The van der Waals surface area contributed by atoms with Crippen molar-refractivity contribution in [2.24, 2.45) is 5.92 Å². The molecule has 30 heavy (non-hydrogen) atoms. The first-order valence-electron chi connectivity index (χ1n) is 9.72. The number of carbonyl (C=O) groups is 2. The van der Waals surface area contributed by atoms with Gasteiger partial charge in [-0.2, -0.15) is 0 Å². The number of ether oxygens (including phenoxy) is 1. The molecule has 1 aliphatic heterocycles. The van der Waals surface area contributed by atoms with E-state index in [-0.39, 0.29) is 18.4 Å². The standard InChI is InChI=1S/C22H24Cl2N2O4/c1-25(21(27)14-30-20-6-5-17(23)12-19(20)24)13-15-3-2-4-18(11-15)26-9-7-16(8-10-26)22(28)29/h2-6,11-12,16H,7-10,13-14H2,1H3,(H,28,29). The van der Waals surface area contributed by atoms with Crippen LogP contribution in [0.5, 0.6) is 5.75 Å². The van der Waals surface area contributed by atoms with Gasteiger partial charge < -0.3 is 19.6 Å². The van der Waals surface area contributed by atoms with E-state index in [0.29, 0.717) is 48.3 Å². The summed E-state index contributed by atoms with van der Waals surface area (Å²) in [5, 5.41) is 10.0. The Morgan fingerprint density at radius 3 is 2.57 bits per heavy atom. The van der Waals surface area contributed by atoms with Crippen molar-refractivity contribution >= 4 is 40.8 Å². The molecule has 0 spiro atoms. The number of nitrogens with zero attached hydrogens (tertiary/aromatic N) is 2. The highest BCUT2D eigenvalue weighted by Crippen LogP contribution is 2.28. The third-order valence-corrected chi connectivity index (χ3v) is 5.74. The van der Waals surface area contributed by atoms with E-state index >= 15 is 0 Å². The van der Waals surface area contributed by atoms with Crippen LogP contribution >= 0.6 is 23.2 Å². The fraction of sp³-hybridized carbons (Fsp3) is 0.364. The number of hydrogen-bond acceptors (Lipinski definition) is 4. The number of carboxylic acid groups (broad SMARTS) is 1. The molecule has 8 heteroatoms. The lowest BCUT2D eigenvalue weighted by molar-refractivity contribution is -0.142. The summed E-state index contributed by atoms with van der Waals surface area (Å²) in [6.07, 6.45) is 1.28. The minimum absolute atomic E-state index is 0.125. The van der Waals surface area contributed by atoms with E-state index in [1.165, 1.54) is 0 Å². The third kappa shape index (κ3) is 5.80. The van der Waals surface area contributed by atoms with Crippen LogP contribution in [0.3, 0.4) is 0 Å². The summed E-state index contributed by atoms with van der Waals surface area (Å²) in [7, 11) is 1.72. The summed E-state index contributed by atoms with van der Waals surface area (Å²) in [6.45, 7) is 1.74. The zero-order chi connectivity index (χ0) is 21.7. The van der Waals surface area contributed by atoms with E-state index < -0.39 is 5.97 Å². The molecule has 6 nitrogen and oxygen atoms in total. The Kier molecular flexibility index (Phi) is 7.45. The largest absolute Gasteiger partial charge is 0.482 e. The maximum atomic E-state index is 12.5. The molecule has 160 valence electrons. The maximum absolute atomic E-state index is 12.5. The van der Waals surface area contributed by atoms with E-state index in [2.05, 4.69) is 4.90 Å². The molecule has 1 heterocycles. The van der Waals surface area contributed by atoms with Crippen LogP contribution in [0, 0.1) is 5.92 Å². The molecular formula is C22H24Cl2N2O4. The second kappa shape index (κ2) is 10.0. The highest BCUT2D eigenvalue weighted by molar-refractivity contribution is 6.35. The molecule has 0 aliphatic carbocycles. The van der Waals surface area contributed by atoms with Crippen molar-refractivity contribution < 1.29 is 19.4 Å². The number of hydrogen-bond donors (Lipinski definition) is 1. The Labute approximate surface area is 185 Å². The van der Waals surface area contributed by atoms with Gasteiger partial charge in [-0.3, -0.25) is 9.59 Å². The monoisotopic (exact) mass is 450 g/mol. The normalized spacial score (nSPS) is 14.4. The lowest BCUT2D eigenvalue weighted by Crippen LogP contribution is -2.36. The average Bonchev–Trinajstić information content (AvgIpc) is 2.73. The number of piperidine rings is 1. The molecule has 1 saturated heterocycles. The Morgan fingerprint density at radius 1 is 1.17 bits per heavy atom. The Bertz CT molecular complexity index is 914. The van der Waals surface area contributed by atoms with Gasteiger partial charge in [0.25, 0.3) is 5.91 Å². The molecular weight excluding hydrogens is 427 g/mol. The topological polar surface area (TPSA) is 70.1 Å². The summed E-state index contributed by atoms with van der Waals surface area (Å²) in [4.78, 5) is 27.4. The van der Waals surface area contributed by atoms with Crippen LogP contribution < -0.4 is 9.64 Å². The Balaban J connectivity index is 1.55. The Morgan fingerprint density at radius 2 is 1.90 bits per heavy atom. The summed E-state index contributed by atoms with van der Waals surface area (Å²) < 4.78 is 5.52. The van der Waals surface area contributed by atoms with Gasteiger partial charge in [0.1, 0.15) is 5.75 Å². The smallest absolute Gasteiger partial charge is 0.306 e. The average molecular weight is 451 g/mol. The molecule has 1 amide bonds. The molecule has 0 radical (unpaired) electrons. The molecule has 1 N–H and O–H groups in total. The fourth-order valence-electron chi connectivity index (χ4n) is 3.44. The molecule has 2 aromatic carbocycles. The zero-order valence-corrected chi connectivity index (χ0v) is 18.2. The van der Waals surface area contributed by atoms with Crippen molar-refractivity contribution in [3.63, 3.8) is 0 Å². The molecule has 1 aliphatic rings. The number of rotatable bonds is 7. The molecule has 2 aromatic rings. The fourth-order valence-corrected chi connectivity index (χ4v) is 3.90. The number of benzene rings is 2. The maximum Gasteiger partial charge on any atom is 0.306 e. The van der Waals surface area contributed by atoms with Crippen molar-refractivity contribution in [3.05, 3.63) is 58.1 Å². The number of carbonyl (C=O) groups excluding carboxylic acids is 1. The van der Waals surface area contributed by atoms with Crippen LogP contribution in [0.2, 0.25) is 10.0 Å². The van der Waals surface area contributed by atoms with Crippen molar-refractivity contribution in [2.75, 3.05) is 31.6 Å². The molecule has 0 bridgehead atoms. The first kappa shape index (κ1) is 22.2. The van der Waals surface area contributed by atoms with E-state index in [9.17, 15) is 9.59 Å². The molecule has 3 rings (SSSR count). The highest BCUT2D eigenvalue weighted by atomic mass is 35.5.